The Hall–Kier alpha value is -4.33. The molecule has 0 saturated carbocycles. The van der Waals surface area contributed by atoms with Crippen LogP contribution in [-0.2, 0) is 13.1 Å². The van der Waals surface area contributed by atoms with Crippen LogP contribution in [0.2, 0.25) is 0 Å². The van der Waals surface area contributed by atoms with E-state index in [0.29, 0.717) is 22.3 Å². The Morgan fingerprint density at radius 2 is 1.75 bits per heavy atom. The summed E-state index contributed by atoms with van der Waals surface area (Å²) in [5.41, 5.74) is 1.68. The van der Waals surface area contributed by atoms with Crippen molar-refractivity contribution in [1.29, 1.82) is 0 Å². The molecule has 1 N–H and O–H groups in total. The van der Waals surface area contributed by atoms with Gasteiger partial charge in [0.05, 0.1) is 22.4 Å². The molecule has 0 saturated heterocycles. The van der Waals surface area contributed by atoms with Crippen molar-refractivity contribution in [3.05, 3.63) is 116 Å². The summed E-state index contributed by atoms with van der Waals surface area (Å²) in [6, 6.07) is 20.8. The van der Waals surface area contributed by atoms with Gasteiger partial charge in [-0.05, 0) is 30.7 Å². The van der Waals surface area contributed by atoms with Gasteiger partial charge in [-0.1, -0.05) is 48.5 Å². The number of nitrogens with one attached hydrogen (secondary N) is 1. The summed E-state index contributed by atoms with van der Waals surface area (Å²) in [6.45, 7) is 1.91. The number of hydrogen-bond donors (Lipinski definition) is 1. The molecule has 4 rings (SSSR count). The van der Waals surface area contributed by atoms with Crippen LogP contribution in [0.4, 0.5) is 5.69 Å². The molecule has 0 aliphatic rings. The van der Waals surface area contributed by atoms with E-state index in [9.17, 15) is 19.7 Å². The summed E-state index contributed by atoms with van der Waals surface area (Å²) < 4.78 is 0. The average Bonchev–Trinajstić information content (AvgIpc) is 2.79. The minimum atomic E-state index is -0.504. The molecule has 0 bridgehead atoms. The van der Waals surface area contributed by atoms with E-state index < -0.39 is 10.8 Å². The van der Waals surface area contributed by atoms with E-state index in [1.807, 2.05) is 30.3 Å². The van der Waals surface area contributed by atoms with Crippen LogP contribution in [0.1, 0.15) is 27.3 Å². The lowest BCUT2D eigenvalue weighted by Gasteiger charge is -2.23. The fraction of sp³-hybridized carbons (Fsp3) is 0.125. The molecule has 0 atom stereocenters. The average molecular weight is 428 g/mol. The third kappa shape index (κ3) is 4.39. The molecule has 0 spiro atoms. The van der Waals surface area contributed by atoms with E-state index in [1.165, 1.54) is 11.0 Å². The zero-order chi connectivity index (χ0) is 22.7. The van der Waals surface area contributed by atoms with Crippen LogP contribution in [0.25, 0.3) is 10.9 Å². The molecule has 4 aromatic rings. The number of para-hydroxylation sites is 1. The molecule has 1 amide bonds. The lowest BCUT2D eigenvalue weighted by Crippen LogP contribution is -2.31. The molecule has 0 unspecified atom stereocenters. The minimum Gasteiger partial charge on any atom is -0.327 e. The van der Waals surface area contributed by atoms with Gasteiger partial charge in [-0.15, -0.1) is 0 Å². The van der Waals surface area contributed by atoms with Gasteiger partial charge in [-0.25, -0.2) is 4.98 Å². The monoisotopic (exact) mass is 428 g/mol. The second kappa shape index (κ2) is 8.81. The number of nitro benzene ring substituents is 1. The number of carbonyl (C=O) groups excluding carboxylic acids is 1. The fourth-order valence-corrected chi connectivity index (χ4v) is 3.52. The van der Waals surface area contributed by atoms with Crippen molar-refractivity contribution < 1.29 is 9.72 Å². The number of nitrogens with zero attached hydrogens (tertiary/aromatic N) is 3. The van der Waals surface area contributed by atoms with Gasteiger partial charge in [0.1, 0.15) is 5.82 Å². The lowest BCUT2D eigenvalue weighted by atomic mass is 10.1. The summed E-state index contributed by atoms with van der Waals surface area (Å²) in [7, 11) is 0. The van der Waals surface area contributed by atoms with Crippen LogP contribution >= 0.6 is 0 Å². The van der Waals surface area contributed by atoms with Crippen LogP contribution in [0.3, 0.4) is 0 Å². The number of aromatic nitrogens is 2. The lowest BCUT2D eigenvalue weighted by molar-refractivity contribution is -0.385. The predicted molar refractivity (Wildman–Crippen MR) is 120 cm³/mol. The fourth-order valence-electron chi connectivity index (χ4n) is 3.52. The van der Waals surface area contributed by atoms with Gasteiger partial charge in [0.25, 0.3) is 17.2 Å². The third-order valence-corrected chi connectivity index (χ3v) is 5.16. The first-order valence-corrected chi connectivity index (χ1v) is 9.98. The second-order valence-electron chi connectivity index (χ2n) is 7.43. The van der Waals surface area contributed by atoms with Crippen LogP contribution in [0.15, 0.2) is 77.6 Å². The number of carbonyl (C=O) groups is 1. The molecule has 3 aromatic carbocycles. The van der Waals surface area contributed by atoms with Gasteiger partial charge in [0.2, 0.25) is 0 Å². The van der Waals surface area contributed by atoms with E-state index >= 15 is 0 Å². The second-order valence-corrected chi connectivity index (χ2v) is 7.43. The Bertz CT molecular complexity index is 1370. The van der Waals surface area contributed by atoms with Crippen LogP contribution in [0.5, 0.6) is 0 Å². The summed E-state index contributed by atoms with van der Waals surface area (Å²) in [5.74, 6) is -0.0626. The van der Waals surface area contributed by atoms with Crippen LogP contribution < -0.4 is 5.56 Å². The molecule has 32 heavy (non-hydrogen) atoms. The van der Waals surface area contributed by atoms with E-state index in [0.717, 1.165) is 5.56 Å². The van der Waals surface area contributed by atoms with Gasteiger partial charge in [-0.2, -0.15) is 0 Å². The van der Waals surface area contributed by atoms with Gasteiger partial charge in [0.15, 0.2) is 0 Å². The number of aromatic amines is 1. The van der Waals surface area contributed by atoms with E-state index in [2.05, 4.69) is 9.97 Å². The van der Waals surface area contributed by atoms with Crippen molar-refractivity contribution in [2.75, 3.05) is 0 Å². The Morgan fingerprint density at radius 1 is 1.03 bits per heavy atom. The highest BCUT2D eigenvalue weighted by atomic mass is 16.6. The van der Waals surface area contributed by atoms with Gasteiger partial charge >= 0.3 is 0 Å². The summed E-state index contributed by atoms with van der Waals surface area (Å²) in [6.07, 6.45) is 0. The maximum Gasteiger partial charge on any atom is 0.273 e. The number of amides is 1. The first-order valence-electron chi connectivity index (χ1n) is 9.98. The Labute approximate surface area is 183 Å². The summed E-state index contributed by atoms with van der Waals surface area (Å²) >= 11 is 0. The van der Waals surface area contributed by atoms with Crippen molar-refractivity contribution in [3.63, 3.8) is 0 Å². The predicted octanol–water partition coefficient (Wildman–Crippen LogP) is 3.98. The van der Waals surface area contributed by atoms with E-state index in [1.54, 1.807) is 43.3 Å². The van der Waals surface area contributed by atoms with Crippen molar-refractivity contribution in [2.45, 2.75) is 20.0 Å². The zero-order valence-electron chi connectivity index (χ0n) is 17.3. The first kappa shape index (κ1) is 20.9. The number of H-pyrrole nitrogens is 1. The molecule has 0 fully saturated rings. The smallest absolute Gasteiger partial charge is 0.273 e. The van der Waals surface area contributed by atoms with Crippen molar-refractivity contribution >= 4 is 22.5 Å². The molecule has 0 aliphatic heterocycles. The number of rotatable bonds is 6. The van der Waals surface area contributed by atoms with Gasteiger partial charge < -0.3 is 9.88 Å². The quantitative estimate of drug-likeness (QED) is 0.369. The van der Waals surface area contributed by atoms with Crippen molar-refractivity contribution in [3.8, 4) is 0 Å². The third-order valence-electron chi connectivity index (χ3n) is 5.16. The number of nitro groups is 1. The zero-order valence-corrected chi connectivity index (χ0v) is 17.3. The number of fused-ring (bicyclic) bond motifs is 1. The topological polar surface area (TPSA) is 109 Å². The van der Waals surface area contributed by atoms with Crippen molar-refractivity contribution in [2.24, 2.45) is 0 Å². The maximum absolute atomic E-state index is 13.4. The molecule has 8 nitrogen and oxygen atoms in total. The maximum atomic E-state index is 13.4. The van der Waals surface area contributed by atoms with E-state index in [4.69, 9.17) is 0 Å². The first-order chi connectivity index (χ1) is 15.4. The molecule has 1 aromatic heterocycles. The summed E-state index contributed by atoms with van der Waals surface area (Å²) in [5, 5.41) is 11.8. The highest BCUT2D eigenvalue weighted by molar-refractivity contribution is 5.95. The molecule has 0 radical (unpaired) electrons. The van der Waals surface area contributed by atoms with Crippen molar-refractivity contribution in [1.82, 2.24) is 14.9 Å². The highest BCUT2D eigenvalue weighted by Crippen LogP contribution is 2.21. The normalized spacial score (nSPS) is 10.8. The molecule has 160 valence electrons. The van der Waals surface area contributed by atoms with Crippen LogP contribution in [0, 0.1) is 17.0 Å². The SMILES string of the molecule is Cc1ccc(C(=O)N(Cc2ccccc2)Cc2nc3ccccc3c(=O)[nH]2)cc1[N+](=O)[O-]. The molecular formula is C24H20N4O4. The highest BCUT2D eigenvalue weighted by Gasteiger charge is 2.21. The van der Waals surface area contributed by atoms with Crippen LogP contribution in [-0.4, -0.2) is 25.7 Å². The molecule has 1 heterocycles. The number of hydrogen-bond acceptors (Lipinski definition) is 5. The van der Waals surface area contributed by atoms with Gasteiger partial charge in [-0.3, -0.25) is 19.7 Å². The standard InChI is InChI=1S/C24H20N4O4/c1-16-11-12-18(13-21(16)28(31)32)24(30)27(14-17-7-3-2-4-8-17)15-22-25-20-10-6-5-9-19(20)23(29)26-22/h2-13H,14-15H2,1H3,(H,25,26,29). The number of aryl methyl sites for hydroxylation is 1. The Kier molecular flexibility index (Phi) is 5.76. The molecular weight excluding hydrogens is 408 g/mol. The molecule has 8 heteroatoms. The number of benzene rings is 3. The van der Waals surface area contributed by atoms with Gasteiger partial charge in [0, 0.05) is 23.7 Å². The Morgan fingerprint density at radius 3 is 2.50 bits per heavy atom. The summed E-state index contributed by atoms with van der Waals surface area (Å²) in [4.78, 5) is 45.4. The largest absolute Gasteiger partial charge is 0.327 e. The Balaban J connectivity index is 1.72. The molecule has 0 aliphatic carbocycles. The minimum absolute atomic E-state index is 0.0372. The van der Waals surface area contributed by atoms with E-state index in [-0.39, 0.29) is 29.9 Å².